The Morgan fingerprint density at radius 1 is 1.15 bits per heavy atom. The molecule has 1 unspecified atom stereocenters. The minimum absolute atomic E-state index is 0.0509. The van der Waals surface area contributed by atoms with Crippen molar-refractivity contribution in [2.24, 2.45) is 0 Å². The highest BCUT2D eigenvalue weighted by atomic mass is 32.2. The predicted octanol–water partition coefficient (Wildman–Crippen LogP) is 4.65. The van der Waals surface area contributed by atoms with Crippen molar-refractivity contribution in [3.05, 3.63) is 0 Å². The normalized spacial score (nSPS) is 11.8. The van der Waals surface area contributed by atoms with Crippen molar-refractivity contribution in [2.75, 3.05) is 5.75 Å². The van der Waals surface area contributed by atoms with Crippen molar-refractivity contribution >= 4 is 34.6 Å². The number of halogens is 3. The summed E-state index contributed by atoms with van der Waals surface area (Å²) in [5, 5.41) is 0.294. The van der Waals surface area contributed by atoms with Gasteiger partial charge in [0.1, 0.15) is 6.17 Å². The molecular weight excluding hydrogens is 309 g/mol. The lowest BCUT2D eigenvalue weighted by Crippen LogP contribution is -2.04. The Morgan fingerprint density at radius 3 is 2.10 bits per heavy atom. The van der Waals surface area contributed by atoms with E-state index in [2.05, 4.69) is 12.6 Å². The molecule has 0 aliphatic heterocycles. The van der Waals surface area contributed by atoms with Crippen LogP contribution in [0.15, 0.2) is 0 Å². The Morgan fingerprint density at radius 2 is 1.70 bits per heavy atom. The van der Waals surface area contributed by atoms with Gasteiger partial charge in [0, 0.05) is 18.6 Å². The first-order valence-electron chi connectivity index (χ1n) is 6.64. The Kier molecular flexibility index (Phi) is 16.8. The van der Waals surface area contributed by atoms with Gasteiger partial charge in [-0.05, 0) is 31.0 Å². The van der Waals surface area contributed by atoms with E-state index in [1.54, 1.807) is 6.92 Å². The van der Waals surface area contributed by atoms with Gasteiger partial charge in [-0.1, -0.05) is 13.8 Å². The number of hydrogen-bond donors (Lipinski definition) is 1. The lowest BCUT2D eigenvalue weighted by atomic mass is 10.1. The van der Waals surface area contributed by atoms with Crippen LogP contribution in [0.4, 0.5) is 13.2 Å². The molecule has 0 aromatic carbocycles. The number of alkyl halides is 3. The summed E-state index contributed by atoms with van der Waals surface area (Å²) in [5.74, 6) is 0.648. The van der Waals surface area contributed by atoms with Gasteiger partial charge in [-0.3, -0.25) is 9.59 Å². The molecule has 0 amide bonds. The fourth-order valence-electron chi connectivity index (χ4n) is 1.05. The zero-order valence-corrected chi connectivity index (χ0v) is 13.7. The lowest BCUT2D eigenvalue weighted by Gasteiger charge is -2.06. The van der Waals surface area contributed by atoms with Gasteiger partial charge in [0.15, 0.2) is 5.12 Å². The van der Waals surface area contributed by atoms with E-state index in [-0.39, 0.29) is 18.0 Å². The van der Waals surface area contributed by atoms with E-state index in [0.717, 1.165) is 0 Å². The summed E-state index contributed by atoms with van der Waals surface area (Å²) < 4.78 is 36.4. The van der Waals surface area contributed by atoms with Gasteiger partial charge in [0.05, 0.1) is 6.42 Å². The molecular formula is C13H24F3O2S2+. The number of rotatable bonds is 9. The third kappa shape index (κ3) is 20.2. The second kappa shape index (κ2) is 15.2. The number of carbonyl (C=O) groups is 1. The van der Waals surface area contributed by atoms with E-state index < -0.39 is 12.6 Å². The molecule has 1 atom stereocenters. The van der Waals surface area contributed by atoms with Crippen LogP contribution in [0.5, 0.6) is 0 Å². The summed E-state index contributed by atoms with van der Waals surface area (Å²) in [4.78, 5) is 18.8. The van der Waals surface area contributed by atoms with Crippen molar-refractivity contribution in [1.82, 2.24) is 0 Å². The molecule has 2 nitrogen and oxygen atoms in total. The molecule has 0 fully saturated rings. The first kappa shape index (κ1) is 22.1. The maximum atomic E-state index is 13.0. The summed E-state index contributed by atoms with van der Waals surface area (Å²) in [5.41, 5.74) is 0. The monoisotopic (exact) mass is 333 g/mol. The number of carbonyl (C=O) groups excluding carboxylic acids is 2. The minimum Gasteiger partial charge on any atom is -0.288 e. The number of hydrogen-bond acceptors (Lipinski definition) is 2. The van der Waals surface area contributed by atoms with E-state index in [1.165, 1.54) is 11.8 Å². The summed E-state index contributed by atoms with van der Waals surface area (Å²) in [7, 11) is 0. The molecule has 0 spiro atoms. The molecule has 0 saturated carbocycles. The van der Waals surface area contributed by atoms with Crippen molar-refractivity contribution < 1.29 is 22.8 Å². The maximum absolute atomic E-state index is 13.0. The Hall–Kier alpha value is -0.170. The fourth-order valence-corrected chi connectivity index (χ4v) is 1.80. The minimum atomic E-state index is -2.41. The largest absolute Gasteiger partial charge is 0.350 e. The molecule has 20 heavy (non-hydrogen) atoms. The van der Waals surface area contributed by atoms with E-state index >= 15 is 0 Å². The molecule has 7 heteroatoms. The average molecular weight is 333 g/mol. The topological polar surface area (TPSA) is 38.5 Å². The second-order valence-corrected chi connectivity index (χ2v) is 5.72. The second-order valence-electron chi connectivity index (χ2n) is 4.05. The highest BCUT2D eigenvalue weighted by Crippen LogP contribution is 2.15. The van der Waals surface area contributed by atoms with Crippen LogP contribution < -0.4 is 0 Å². The van der Waals surface area contributed by atoms with Gasteiger partial charge in [-0.2, -0.15) is 0 Å². The fraction of sp³-hybridized carbons (Fsp3) is 0.846. The van der Waals surface area contributed by atoms with Gasteiger partial charge < -0.3 is 0 Å². The van der Waals surface area contributed by atoms with Crippen molar-refractivity contribution in [1.29, 1.82) is 0 Å². The van der Waals surface area contributed by atoms with Gasteiger partial charge in [0.2, 0.25) is 6.43 Å². The van der Waals surface area contributed by atoms with Crippen LogP contribution in [0, 0.1) is 0 Å². The van der Waals surface area contributed by atoms with Crippen LogP contribution >= 0.6 is 24.4 Å². The quantitative estimate of drug-likeness (QED) is 0.379. The van der Waals surface area contributed by atoms with Gasteiger partial charge in [0.25, 0.3) is 0 Å². The highest BCUT2D eigenvalue weighted by Gasteiger charge is 2.11. The van der Waals surface area contributed by atoms with E-state index in [1.807, 2.05) is 6.92 Å². The van der Waals surface area contributed by atoms with Crippen molar-refractivity contribution in [3.8, 4) is 0 Å². The van der Waals surface area contributed by atoms with E-state index in [0.29, 0.717) is 36.6 Å². The summed E-state index contributed by atoms with van der Waals surface area (Å²) >= 11 is 4.76. The molecule has 0 aliphatic carbocycles. The third-order valence-electron chi connectivity index (χ3n) is 2.23. The molecule has 0 bridgehead atoms. The summed E-state index contributed by atoms with van der Waals surface area (Å²) in [6, 6.07) is 0. The van der Waals surface area contributed by atoms with Crippen LogP contribution in [0.2, 0.25) is 0 Å². The Bertz CT molecular complexity index is 264. The standard InChI is InChI=1S/C10H17F3OS.C3H6OS/c1-2-10(14)15-7-3-4-8(11)5-6-9(12)13;1-2-3(4)5/h8-9H,2-7H2,1H3;2H2,1H3,(H,4,5)/p+1. The van der Waals surface area contributed by atoms with Crippen LogP contribution in [0.25, 0.3) is 0 Å². The van der Waals surface area contributed by atoms with Crippen LogP contribution in [0.3, 0.4) is 0 Å². The van der Waals surface area contributed by atoms with E-state index in [9.17, 15) is 18.0 Å². The zero-order chi connectivity index (χ0) is 16.0. The number of thiol groups is 1. The average Bonchev–Trinajstić information content (AvgIpc) is 2.41. The third-order valence-corrected chi connectivity index (χ3v) is 3.66. The molecule has 0 saturated heterocycles. The van der Waals surface area contributed by atoms with Gasteiger partial charge in [-0.25, -0.2) is 13.2 Å². The van der Waals surface area contributed by atoms with Crippen LogP contribution in [-0.2, 0) is 4.79 Å². The van der Waals surface area contributed by atoms with Crippen molar-refractivity contribution in [3.63, 3.8) is 0 Å². The molecule has 0 rings (SSSR count). The molecule has 120 valence electrons. The van der Waals surface area contributed by atoms with Gasteiger partial charge in [-0.15, -0.1) is 12.6 Å². The van der Waals surface area contributed by atoms with Gasteiger partial charge >= 0.3 is 5.12 Å². The molecule has 0 radical (unpaired) electrons. The summed E-state index contributed by atoms with van der Waals surface area (Å²) in [6.07, 6.45) is -1.93. The summed E-state index contributed by atoms with van der Waals surface area (Å²) in [6.45, 7) is 3.61. The molecule has 0 aliphatic rings. The lowest BCUT2D eigenvalue weighted by molar-refractivity contribution is -0.110. The molecule has 1 N–H and O–H groups in total. The highest BCUT2D eigenvalue weighted by molar-refractivity contribution is 8.13. The Balaban J connectivity index is 0. The Labute approximate surface area is 128 Å². The number of thioether (sulfide) groups is 1. The smallest absolute Gasteiger partial charge is 0.288 e. The first-order valence-corrected chi connectivity index (χ1v) is 8.08. The van der Waals surface area contributed by atoms with Crippen LogP contribution in [0.1, 0.15) is 52.4 Å². The zero-order valence-electron chi connectivity index (χ0n) is 11.9. The van der Waals surface area contributed by atoms with E-state index in [4.69, 9.17) is 4.79 Å². The predicted molar refractivity (Wildman–Crippen MR) is 83.3 cm³/mol. The first-order chi connectivity index (χ1) is 9.33. The van der Waals surface area contributed by atoms with Crippen LogP contribution in [-0.4, -0.2) is 33.4 Å². The molecule has 0 heterocycles. The molecule has 0 aromatic heterocycles. The maximum Gasteiger partial charge on any atom is 0.350 e. The van der Waals surface area contributed by atoms with Crippen molar-refractivity contribution in [2.45, 2.75) is 65.0 Å². The molecule has 0 aromatic rings. The SMILES string of the molecule is CCC(=O)S.CCC(=[OH+])SCCCC(F)CCC(F)F.